The summed E-state index contributed by atoms with van der Waals surface area (Å²) in [5.74, 6) is -0.859. The number of aliphatic hydroxyl groups excluding tert-OH is 1. The molecule has 14 heteroatoms. The summed E-state index contributed by atoms with van der Waals surface area (Å²) in [4.78, 5) is 28.6. The zero-order valence-electron chi connectivity index (χ0n) is 27.0. The van der Waals surface area contributed by atoms with Crippen LogP contribution >= 0.6 is 11.3 Å². The minimum atomic E-state index is -3.73. The van der Waals surface area contributed by atoms with Crippen LogP contribution in [0.25, 0.3) is 0 Å². The molecule has 0 radical (unpaired) electrons. The first-order valence-electron chi connectivity index (χ1n) is 15.6. The molecule has 0 fully saturated rings. The van der Waals surface area contributed by atoms with E-state index in [0.717, 1.165) is 24.2 Å². The highest BCUT2D eigenvalue weighted by atomic mass is 32.2. The van der Waals surface area contributed by atoms with E-state index in [9.17, 15) is 27.5 Å². The van der Waals surface area contributed by atoms with Crippen LogP contribution in [0.3, 0.4) is 0 Å². The first-order chi connectivity index (χ1) is 22.4. The van der Waals surface area contributed by atoms with Gasteiger partial charge < -0.3 is 30.1 Å². The molecule has 3 N–H and O–H groups in total. The number of nitrogens with one attached hydrogen (secondary N) is 2. The molecule has 4 rings (SSSR count). The van der Waals surface area contributed by atoms with Crippen LogP contribution in [-0.4, -0.2) is 86.3 Å². The van der Waals surface area contributed by atoms with Gasteiger partial charge in [-0.3, -0.25) is 4.79 Å². The van der Waals surface area contributed by atoms with Crippen LogP contribution in [0.4, 0.5) is 20.6 Å². The Morgan fingerprint density at radius 3 is 2.51 bits per heavy atom. The number of carbonyl (C=O) groups excluding carboxylic acids is 2. The number of aliphatic hydroxyl groups is 1. The number of thiophene rings is 1. The lowest BCUT2D eigenvalue weighted by Gasteiger charge is -2.35. The van der Waals surface area contributed by atoms with Gasteiger partial charge in [0.15, 0.2) is 0 Å². The molecular formula is C33H43FN4O7S2. The summed E-state index contributed by atoms with van der Waals surface area (Å²) in [6.07, 6.45) is 1.40. The van der Waals surface area contributed by atoms with Crippen molar-refractivity contribution in [3.63, 3.8) is 0 Å². The number of rotatable bonds is 8. The molecule has 1 aliphatic rings. The van der Waals surface area contributed by atoms with Gasteiger partial charge in [-0.15, -0.1) is 11.3 Å². The van der Waals surface area contributed by atoms with Crippen molar-refractivity contribution in [3.05, 3.63) is 71.4 Å². The summed E-state index contributed by atoms with van der Waals surface area (Å²) in [5, 5.41) is 17.2. The monoisotopic (exact) mass is 690 g/mol. The number of hydrogen-bond acceptors (Lipinski definition) is 8. The van der Waals surface area contributed by atoms with E-state index in [4.69, 9.17) is 9.47 Å². The number of nitrogens with zero attached hydrogens (tertiary/aromatic N) is 2. The van der Waals surface area contributed by atoms with Crippen LogP contribution in [0.1, 0.15) is 50.4 Å². The molecule has 11 nitrogen and oxygen atoms in total. The van der Waals surface area contributed by atoms with E-state index in [1.54, 1.807) is 36.6 Å². The molecule has 47 heavy (non-hydrogen) atoms. The van der Waals surface area contributed by atoms with Gasteiger partial charge in [-0.25, -0.2) is 17.6 Å². The zero-order valence-corrected chi connectivity index (χ0v) is 28.7. The van der Waals surface area contributed by atoms with Crippen molar-refractivity contribution in [1.82, 2.24) is 9.21 Å². The summed E-state index contributed by atoms with van der Waals surface area (Å²) in [7, 11) is -2.21. The number of halogens is 1. The van der Waals surface area contributed by atoms with Crippen LogP contribution in [0.5, 0.6) is 5.75 Å². The van der Waals surface area contributed by atoms with Gasteiger partial charge in [0.25, 0.3) is 15.9 Å². The largest absolute Gasteiger partial charge is 0.490 e. The third-order valence-electron chi connectivity index (χ3n) is 8.01. The van der Waals surface area contributed by atoms with E-state index in [2.05, 4.69) is 10.6 Å². The van der Waals surface area contributed by atoms with Gasteiger partial charge in [-0.05, 0) is 87.0 Å². The number of sulfonamides is 1. The standard InChI is InChI=1S/C33H43FN4O7S2/c1-22-19-38(23(2)21-39)32(40)28-18-27(36-33(41)35-26-12-10-25(34)11-13-26)14-15-29(28)45-24(3)8-5-6-16-44-30(22)20-37(4)47(42,43)31-9-7-17-46-31/h7,9-15,17-18,22-24,30,39H,5-6,8,16,19-21H2,1-4H3,(H2,35,36,41)/t22-,23-,24-,30+/m1/s1. The molecule has 256 valence electrons. The van der Waals surface area contributed by atoms with Gasteiger partial charge in [0.2, 0.25) is 0 Å². The first-order valence-corrected chi connectivity index (χ1v) is 17.9. The molecule has 0 bridgehead atoms. The predicted molar refractivity (Wildman–Crippen MR) is 180 cm³/mol. The van der Waals surface area contributed by atoms with Gasteiger partial charge >= 0.3 is 6.03 Å². The zero-order chi connectivity index (χ0) is 34.1. The Hall–Kier alpha value is -3.56. The summed E-state index contributed by atoms with van der Waals surface area (Å²) < 4.78 is 53.8. The molecule has 2 aromatic carbocycles. The second-order valence-electron chi connectivity index (χ2n) is 11.8. The highest BCUT2D eigenvalue weighted by Crippen LogP contribution is 2.29. The SMILES string of the molecule is C[C@@H]1CCCCO[C@@H](CN(C)S(=O)(=O)c2cccs2)[C@H](C)CN([C@H](C)CO)C(=O)c2cc(NC(=O)Nc3ccc(F)cc3)ccc2O1. The average Bonchev–Trinajstić information content (AvgIpc) is 3.60. The molecule has 0 aliphatic carbocycles. The summed E-state index contributed by atoms with van der Waals surface area (Å²) in [6, 6.07) is 12.2. The van der Waals surface area contributed by atoms with Crippen LogP contribution in [0.15, 0.2) is 64.2 Å². The normalized spacial score (nSPS) is 20.5. The van der Waals surface area contributed by atoms with Crippen LogP contribution in [0.2, 0.25) is 0 Å². The van der Waals surface area contributed by atoms with E-state index in [1.165, 1.54) is 46.6 Å². The fourth-order valence-corrected chi connectivity index (χ4v) is 7.59. The number of amides is 3. The molecule has 1 aliphatic heterocycles. The molecule has 1 aromatic heterocycles. The second kappa shape index (κ2) is 16.5. The lowest BCUT2D eigenvalue weighted by molar-refractivity contribution is -0.00832. The highest BCUT2D eigenvalue weighted by molar-refractivity contribution is 7.91. The van der Waals surface area contributed by atoms with Crippen molar-refractivity contribution in [2.45, 2.75) is 62.5 Å². The Kier molecular flexibility index (Phi) is 12.7. The number of likely N-dealkylation sites (N-methyl/N-ethyl adjacent to an activating group) is 1. The van der Waals surface area contributed by atoms with Gasteiger partial charge in [0.1, 0.15) is 15.8 Å². The second-order valence-corrected chi connectivity index (χ2v) is 15.0. The summed E-state index contributed by atoms with van der Waals surface area (Å²) in [6.45, 7) is 5.83. The molecule has 4 atom stereocenters. The maximum Gasteiger partial charge on any atom is 0.323 e. The van der Waals surface area contributed by atoms with E-state index < -0.39 is 39.9 Å². The van der Waals surface area contributed by atoms with Crippen molar-refractivity contribution in [2.75, 3.05) is 44.0 Å². The molecule has 0 unspecified atom stereocenters. The average molecular weight is 691 g/mol. The smallest absolute Gasteiger partial charge is 0.323 e. The fourth-order valence-electron chi connectivity index (χ4n) is 5.20. The number of benzene rings is 2. The molecule has 2 heterocycles. The Bertz CT molecular complexity index is 1590. The van der Waals surface area contributed by atoms with Crippen LogP contribution < -0.4 is 15.4 Å². The Labute approximate surface area is 279 Å². The number of urea groups is 1. The van der Waals surface area contributed by atoms with Crippen molar-refractivity contribution < 1.29 is 37.0 Å². The number of hydrogen-bond donors (Lipinski definition) is 3. The maximum absolute atomic E-state index is 14.3. The van der Waals surface area contributed by atoms with Crippen molar-refractivity contribution >= 4 is 44.7 Å². The van der Waals surface area contributed by atoms with Gasteiger partial charge in [0, 0.05) is 44.0 Å². The van der Waals surface area contributed by atoms with E-state index in [0.29, 0.717) is 30.2 Å². The summed E-state index contributed by atoms with van der Waals surface area (Å²) >= 11 is 1.14. The highest BCUT2D eigenvalue weighted by Gasteiger charge is 2.32. The topological polar surface area (TPSA) is 138 Å². The third kappa shape index (κ3) is 9.73. The number of fused-ring (bicyclic) bond motifs is 1. The lowest BCUT2D eigenvalue weighted by Crippen LogP contribution is -2.48. The molecular weight excluding hydrogens is 648 g/mol. The van der Waals surface area contributed by atoms with E-state index in [-0.39, 0.29) is 41.5 Å². The molecule has 3 amide bonds. The van der Waals surface area contributed by atoms with E-state index in [1.807, 2.05) is 13.8 Å². The fraction of sp³-hybridized carbons (Fsp3) is 0.455. The van der Waals surface area contributed by atoms with Gasteiger partial charge in [-0.1, -0.05) is 13.0 Å². The van der Waals surface area contributed by atoms with Crippen molar-refractivity contribution in [2.24, 2.45) is 5.92 Å². The first kappa shape index (κ1) is 36.3. The number of anilines is 2. The quantitative estimate of drug-likeness (QED) is 0.278. The van der Waals surface area contributed by atoms with E-state index >= 15 is 0 Å². The molecule has 3 aromatic rings. The Morgan fingerprint density at radius 1 is 1.13 bits per heavy atom. The predicted octanol–water partition coefficient (Wildman–Crippen LogP) is 5.65. The Balaban J connectivity index is 1.62. The number of ether oxygens (including phenoxy) is 2. The van der Waals surface area contributed by atoms with Crippen molar-refractivity contribution in [3.8, 4) is 5.75 Å². The Morgan fingerprint density at radius 2 is 1.83 bits per heavy atom. The maximum atomic E-state index is 14.3. The van der Waals surface area contributed by atoms with Crippen LogP contribution in [0, 0.1) is 11.7 Å². The third-order valence-corrected chi connectivity index (χ3v) is 11.2. The van der Waals surface area contributed by atoms with Crippen molar-refractivity contribution in [1.29, 1.82) is 0 Å². The molecule has 0 spiro atoms. The lowest BCUT2D eigenvalue weighted by atomic mass is 10.0. The molecule has 0 saturated carbocycles. The summed E-state index contributed by atoms with van der Waals surface area (Å²) in [5.41, 5.74) is 0.897. The van der Waals surface area contributed by atoms with Crippen LogP contribution in [-0.2, 0) is 14.8 Å². The van der Waals surface area contributed by atoms with Gasteiger partial charge in [0.05, 0.1) is 30.4 Å². The number of carbonyl (C=O) groups is 2. The minimum Gasteiger partial charge on any atom is -0.490 e. The van der Waals surface area contributed by atoms with Gasteiger partial charge in [-0.2, -0.15) is 4.31 Å². The minimum absolute atomic E-state index is 0.0737. The molecule has 0 saturated heterocycles.